The summed E-state index contributed by atoms with van der Waals surface area (Å²) in [5.41, 5.74) is 2.21. The number of rotatable bonds is 4. The number of aryl methyl sites for hydroxylation is 2. The van der Waals surface area contributed by atoms with E-state index in [4.69, 9.17) is 11.6 Å². The molecule has 0 bridgehead atoms. The van der Waals surface area contributed by atoms with Gasteiger partial charge in [0.05, 0.1) is 15.6 Å². The highest BCUT2D eigenvalue weighted by Gasteiger charge is 2.15. The van der Waals surface area contributed by atoms with Gasteiger partial charge in [-0.3, -0.25) is 10.1 Å². The molecular formula is C14H13ClN2O2S. The molecular weight excluding hydrogens is 296 g/mol. The Morgan fingerprint density at radius 2 is 2.20 bits per heavy atom. The van der Waals surface area contributed by atoms with Crippen molar-refractivity contribution in [3.05, 3.63) is 54.7 Å². The third-order valence-corrected chi connectivity index (χ3v) is 4.96. The maximum atomic E-state index is 10.7. The summed E-state index contributed by atoms with van der Waals surface area (Å²) in [4.78, 5) is 13.0. The Bertz CT molecular complexity index is 648. The van der Waals surface area contributed by atoms with Gasteiger partial charge in [0.1, 0.15) is 0 Å². The number of nitro benzene ring substituents is 1. The third-order valence-electron chi connectivity index (χ3n) is 3.41. The first-order chi connectivity index (χ1) is 9.63. The van der Waals surface area contributed by atoms with E-state index in [9.17, 15) is 10.1 Å². The molecule has 1 heterocycles. The van der Waals surface area contributed by atoms with Crippen LogP contribution in [-0.4, -0.2) is 4.92 Å². The standard InChI is InChI=1S/C14H13ClN2O2S/c15-12-7-10(17(18)19)4-5-13(12)16-8-11-6-9-2-1-3-14(9)20-11/h4-7,16H,1-3,8H2. The van der Waals surface area contributed by atoms with Crippen LogP contribution >= 0.6 is 22.9 Å². The highest BCUT2D eigenvalue weighted by molar-refractivity contribution is 7.12. The van der Waals surface area contributed by atoms with Crippen molar-refractivity contribution in [1.29, 1.82) is 0 Å². The molecule has 0 saturated carbocycles. The Hall–Kier alpha value is -1.59. The van der Waals surface area contributed by atoms with Crippen molar-refractivity contribution < 1.29 is 4.92 Å². The summed E-state index contributed by atoms with van der Waals surface area (Å²) in [6.07, 6.45) is 3.64. The minimum atomic E-state index is -0.445. The molecule has 20 heavy (non-hydrogen) atoms. The fourth-order valence-corrected chi connectivity index (χ4v) is 3.86. The second-order valence-corrected chi connectivity index (χ2v) is 6.42. The van der Waals surface area contributed by atoms with Gasteiger partial charge in [-0.05, 0) is 37.0 Å². The summed E-state index contributed by atoms with van der Waals surface area (Å²) in [6.45, 7) is 0.704. The zero-order valence-corrected chi connectivity index (χ0v) is 12.3. The maximum Gasteiger partial charge on any atom is 0.271 e. The van der Waals surface area contributed by atoms with E-state index in [-0.39, 0.29) is 5.69 Å². The Kier molecular flexibility index (Phi) is 3.63. The van der Waals surface area contributed by atoms with Crippen molar-refractivity contribution in [1.82, 2.24) is 0 Å². The van der Waals surface area contributed by atoms with Gasteiger partial charge in [0.2, 0.25) is 0 Å². The predicted octanol–water partition coefficient (Wildman–Crippen LogP) is 4.41. The number of non-ortho nitro benzene ring substituents is 1. The molecule has 3 rings (SSSR count). The number of nitrogens with one attached hydrogen (secondary N) is 1. The molecule has 0 atom stereocenters. The van der Waals surface area contributed by atoms with Crippen molar-refractivity contribution in [3.8, 4) is 0 Å². The number of thiophene rings is 1. The Balaban J connectivity index is 1.70. The van der Waals surface area contributed by atoms with Crippen LogP contribution in [0.3, 0.4) is 0 Å². The van der Waals surface area contributed by atoms with E-state index >= 15 is 0 Å². The molecule has 0 amide bonds. The van der Waals surface area contributed by atoms with Crippen LogP contribution in [0.25, 0.3) is 0 Å². The van der Waals surface area contributed by atoms with E-state index < -0.39 is 4.92 Å². The minimum absolute atomic E-state index is 0.00986. The van der Waals surface area contributed by atoms with Gasteiger partial charge in [-0.2, -0.15) is 0 Å². The van der Waals surface area contributed by atoms with Gasteiger partial charge in [-0.15, -0.1) is 11.3 Å². The Labute approximate surface area is 125 Å². The first kappa shape index (κ1) is 13.4. The normalized spacial score (nSPS) is 13.2. The lowest BCUT2D eigenvalue weighted by Crippen LogP contribution is -1.99. The fourth-order valence-electron chi connectivity index (χ4n) is 2.42. The number of hydrogen-bond acceptors (Lipinski definition) is 4. The molecule has 1 N–H and O–H groups in total. The average molecular weight is 309 g/mol. The maximum absolute atomic E-state index is 10.7. The van der Waals surface area contributed by atoms with Crippen LogP contribution in [0, 0.1) is 10.1 Å². The predicted molar refractivity (Wildman–Crippen MR) is 81.8 cm³/mol. The van der Waals surface area contributed by atoms with Crippen LogP contribution < -0.4 is 5.32 Å². The van der Waals surface area contributed by atoms with E-state index in [0.717, 1.165) is 5.69 Å². The molecule has 1 aromatic carbocycles. The first-order valence-corrected chi connectivity index (χ1v) is 7.61. The molecule has 2 aromatic rings. The molecule has 104 valence electrons. The van der Waals surface area contributed by atoms with Crippen LogP contribution in [-0.2, 0) is 19.4 Å². The Morgan fingerprint density at radius 1 is 1.35 bits per heavy atom. The summed E-state index contributed by atoms with van der Waals surface area (Å²) < 4.78 is 0. The van der Waals surface area contributed by atoms with Gasteiger partial charge in [-0.25, -0.2) is 0 Å². The number of nitrogens with zero attached hydrogens (tertiary/aromatic N) is 1. The van der Waals surface area contributed by atoms with Gasteiger partial charge in [-0.1, -0.05) is 11.6 Å². The molecule has 1 aromatic heterocycles. The Morgan fingerprint density at radius 3 is 2.90 bits per heavy atom. The van der Waals surface area contributed by atoms with Gasteiger partial charge in [0.25, 0.3) is 5.69 Å². The van der Waals surface area contributed by atoms with Gasteiger partial charge in [0.15, 0.2) is 0 Å². The summed E-state index contributed by atoms with van der Waals surface area (Å²) in [6, 6.07) is 6.74. The molecule has 1 aliphatic carbocycles. The summed E-state index contributed by atoms with van der Waals surface area (Å²) in [7, 11) is 0. The zero-order chi connectivity index (χ0) is 14.1. The van der Waals surface area contributed by atoms with Gasteiger partial charge < -0.3 is 5.32 Å². The second-order valence-electron chi connectivity index (χ2n) is 4.79. The number of anilines is 1. The lowest BCUT2D eigenvalue weighted by atomic mass is 10.2. The lowest BCUT2D eigenvalue weighted by Gasteiger charge is -2.06. The molecule has 0 fully saturated rings. The van der Waals surface area contributed by atoms with E-state index in [1.165, 1.54) is 46.7 Å². The van der Waals surface area contributed by atoms with E-state index in [1.54, 1.807) is 6.07 Å². The lowest BCUT2D eigenvalue weighted by molar-refractivity contribution is -0.384. The topological polar surface area (TPSA) is 55.2 Å². The average Bonchev–Trinajstić information content (AvgIpc) is 2.97. The number of benzene rings is 1. The molecule has 4 nitrogen and oxygen atoms in total. The van der Waals surface area contributed by atoms with Crippen molar-refractivity contribution in [3.63, 3.8) is 0 Å². The fraction of sp³-hybridized carbons (Fsp3) is 0.286. The van der Waals surface area contributed by atoms with E-state index in [2.05, 4.69) is 11.4 Å². The number of hydrogen-bond donors (Lipinski definition) is 1. The number of nitro groups is 1. The van der Waals surface area contributed by atoms with Crippen molar-refractivity contribution in [2.45, 2.75) is 25.8 Å². The number of halogens is 1. The van der Waals surface area contributed by atoms with Gasteiger partial charge >= 0.3 is 0 Å². The smallest absolute Gasteiger partial charge is 0.271 e. The molecule has 0 spiro atoms. The molecule has 0 radical (unpaired) electrons. The van der Waals surface area contributed by atoms with E-state index in [0.29, 0.717) is 11.6 Å². The van der Waals surface area contributed by atoms with Crippen LogP contribution in [0.5, 0.6) is 0 Å². The van der Waals surface area contributed by atoms with Crippen LogP contribution in [0.1, 0.15) is 21.7 Å². The summed E-state index contributed by atoms with van der Waals surface area (Å²) >= 11 is 7.89. The largest absolute Gasteiger partial charge is 0.379 e. The molecule has 0 unspecified atom stereocenters. The SMILES string of the molecule is O=[N+]([O-])c1ccc(NCc2cc3c(s2)CCC3)c(Cl)c1. The molecule has 0 saturated heterocycles. The number of fused-ring (bicyclic) bond motifs is 1. The van der Waals surface area contributed by atoms with E-state index in [1.807, 2.05) is 11.3 Å². The second kappa shape index (κ2) is 5.42. The molecule has 0 aliphatic heterocycles. The van der Waals surface area contributed by atoms with Crippen molar-refractivity contribution in [2.75, 3.05) is 5.32 Å². The van der Waals surface area contributed by atoms with Crippen molar-refractivity contribution >= 4 is 34.3 Å². The van der Waals surface area contributed by atoms with Crippen LogP contribution in [0.4, 0.5) is 11.4 Å². The minimum Gasteiger partial charge on any atom is -0.379 e. The zero-order valence-electron chi connectivity index (χ0n) is 10.7. The third kappa shape index (κ3) is 2.64. The monoisotopic (exact) mass is 308 g/mol. The van der Waals surface area contributed by atoms with Gasteiger partial charge in [0, 0.05) is 28.4 Å². The first-order valence-electron chi connectivity index (χ1n) is 6.42. The quantitative estimate of drug-likeness (QED) is 0.672. The highest BCUT2D eigenvalue weighted by Crippen LogP contribution is 2.32. The summed E-state index contributed by atoms with van der Waals surface area (Å²) in [5, 5.41) is 14.3. The van der Waals surface area contributed by atoms with Crippen LogP contribution in [0.2, 0.25) is 5.02 Å². The molecule has 6 heteroatoms. The molecule has 1 aliphatic rings. The van der Waals surface area contributed by atoms with Crippen LogP contribution in [0.15, 0.2) is 24.3 Å². The highest BCUT2D eigenvalue weighted by atomic mass is 35.5. The summed E-state index contributed by atoms with van der Waals surface area (Å²) in [5.74, 6) is 0. The van der Waals surface area contributed by atoms with Crippen molar-refractivity contribution in [2.24, 2.45) is 0 Å².